The Labute approximate surface area is 156 Å². The fourth-order valence-electron chi connectivity index (χ4n) is 2.08. The lowest BCUT2D eigenvalue weighted by Gasteiger charge is -2.04. The number of aromatic nitrogens is 2. The summed E-state index contributed by atoms with van der Waals surface area (Å²) < 4.78 is 32.7. The molecule has 0 aliphatic carbocycles. The fourth-order valence-corrected chi connectivity index (χ4v) is 3.49. The molecule has 0 bridgehead atoms. The molecule has 3 rings (SSSR count). The van der Waals surface area contributed by atoms with Gasteiger partial charge in [-0.2, -0.15) is 4.98 Å². The lowest BCUT2D eigenvalue weighted by molar-refractivity contribution is -0.385. The van der Waals surface area contributed by atoms with Crippen LogP contribution in [0.4, 0.5) is 5.69 Å². The van der Waals surface area contributed by atoms with Gasteiger partial charge in [0, 0.05) is 22.2 Å². The molecule has 134 valence electrons. The van der Waals surface area contributed by atoms with Crippen LogP contribution < -0.4 is 4.72 Å². The van der Waals surface area contributed by atoms with Gasteiger partial charge in [0.1, 0.15) is 0 Å². The Morgan fingerprint density at radius 3 is 2.69 bits per heavy atom. The summed E-state index contributed by atoms with van der Waals surface area (Å²) in [4.78, 5) is 14.0. The van der Waals surface area contributed by atoms with Gasteiger partial charge in [-0.15, -0.1) is 0 Å². The van der Waals surface area contributed by atoms with Gasteiger partial charge in [0.05, 0.1) is 16.4 Å². The molecule has 11 heteroatoms. The highest BCUT2D eigenvalue weighted by molar-refractivity contribution is 9.10. The average Bonchev–Trinajstić information content (AvgIpc) is 3.09. The molecule has 1 heterocycles. The number of sulfonamides is 1. The molecular weight excluding hydrogens is 428 g/mol. The van der Waals surface area contributed by atoms with E-state index < -0.39 is 14.9 Å². The van der Waals surface area contributed by atoms with Gasteiger partial charge in [0.25, 0.3) is 5.69 Å². The van der Waals surface area contributed by atoms with E-state index in [4.69, 9.17) is 4.52 Å². The number of benzene rings is 2. The SMILES string of the molecule is O=[N+]([O-])c1cccc(S(=O)(=O)NCc2nc(-c3cccc(Br)c3)no2)c1. The van der Waals surface area contributed by atoms with E-state index in [1.165, 1.54) is 18.2 Å². The molecular formula is C15H11BrN4O5S. The molecule has 0 fully saturated rings. The van der Waals surface area contributed by atoms with Gasteiger partial charge in [-0.3, -0.25) is 10.1 Å². The Morgan fingerprint density at radius 2 is 1.96 bits per heavy atom. The first kappa shape index (κ1) is 18.2. The minimum Gasteiger partial charge on any atom is -0.338 e. The molecule has 0 radical (unpaired) electrons. The number of halogens is 1. The van der Waals surface area contributed by atoms with Gasteiger partial charge < -0.3 is 4.52 Å². The average molecular weight is 439 g/mol. The maximum atomic E-state index is 12.3. The lowest BCUT2D eigenvalue weighted by atomic mass is 10.2. The second-order valence-corrected chi connectivity index (χ2v) is 7.78. The quantitative estimate of drug-likeness (QED) is 0.462. The highest BCUT2D eigenvalue weighted by Crippen LogP contribution is 2.21. The molecule has 0 saturated heterocycles. The normalized spacial score (nSPS) is 11.4. The molecule has 0 atom stereocenters. The van der Waals surface area contributed by atoms with Crippen LogP contribution in [0, 0.1) is 10.1 Å². The summed E-state index contributed by atoms with van der Waals surface area (Å²) in [5.74, 6) is 0.379. The summed E-state index contributed by atoms with van der Waals surface area (Å²) in [6.07, 6.45) is 0. The fraction of sp³-hybridized carbons (Fsp3) is 0.0667. The molecule has 0 saturated carbocycles. The van der Waals surface area contributed by atoms with Crippen molar-refractivity contribution in [1.82, 2.24) is 14.9 Å². The minimum atomic E-state index is -3.97. The first-order valence-electron chi connectivity index (χ1n) is 7.18. The molecule has 26 heavy (non-hydrogen) atoms. The lowest BCUT2D eigenvalue weighted by Crippen LogP contribution is -2.23. The van der Waals surface area contributed by atoms with Crippen LogP contribution in [0.5, 0.6) is 0 Å². The maximum Gasteiger partial charge on any atom is 0.270 e. The Morgan fingerprint density at radius 1 is 1.19 bits per heavy atom. The summed E-state index contributed by atoms with van der Waals surface area (Å²) in [5.41, 5.74) is 0.388. The molecule has 3 aromatic rings. The minimum absolute atomic E-state index is 0.0639. The van der Waals surface area contributed by atoms with Gasteiger partial charge in [0.2, 0.25) is 21.7 Å². The number of nitro benzene ring substituents is 1. The van der Waals surface area contributed by atoms with E-state index in [9.17, 15) is 18.5 Å². The van der Waals surface area contributed by atoms with Crippen molar-refractivity contribution in [2.24, 2.45) is 0 Å². The highest BCUT2D eigenvalue weighted by Gasteiger charge is 2.19. The first-order chi connectivity index (χ1) is 12.3. The predicted molar refractivity (Wildman–Crippen MR) is 94.6 cm³/mol. The van der Waals surface area contributed by atoms with Crippen molar-refractivity contribution in [2.45, 2.75) is 11.4 Å². The van der Waals surface area contributed by atoms with Gasteiger partial charge >= 0.3 is 0 Å². The smallest absolute Gasteiger partial charge is 0.270 e. The van der Waals surface area contributed by atoms with Crippen LogP contribution in [0.2, 0.25) is 0 Å². The summed E-state index contributed by atoms with van der Waals surface area (Å²) in [5, 5.41) is 14.6. The second kappa shape index (κ2) is 7.32. The predicted octanol–water partition coefficient (Wildman–Crippen LogP) is 2.89. The third-order valence-electron chi connectivity index (χ3n) is 3.30. The van der Waals surface area contributed by atoms with Gasteiger partial charge in [-0.05, 0) is 18.2 Å². The number of non-ortho nitro benzene ring substituents is 1. The Hall–Kier alpha value is -2.63. The zero-order valence-electron chi connectivity index (χ0n) is 13.0. The Bertz CT molecular complexity index is 1070. The van der Waals surface area contributed by atoms with Crippen LogP contribution in [-0.2, 0) is 16.6 Å². The largest absolute Gasteiger partial charge is 0.338 e. The maximum absolute atomic E-state index is 12.3. The van der Waals surface area contributed by atoms with Gasteiger partial charge in [-0.1, -0.05) is 39.3 Å². The number of rotatable bonds is 6. The molecule has 1 aromatic heterocycles. The van der Waals surface area contributed by atoms with Crippen molar-refractivity contribution in [3.8, 4) is 11.4 Å². The van der Waals surface area contributed by atoms with Crippen molar-refractivity contribution in [3.63, 3.8) is 0 Å². The monoisotopic (exact) mass is 438 g/mol. The van der Waals surface area contributed by atoms with Gasteiger partial charge in [-0.25, -0.2) is 13.1 Å². The number of hydrogen-bond acceptors (Lipinski definition) is 7. The zero-order chi connectivity index (χ0) is 18.7. The van der Waals surface area contributed by atoms with Gasteiger partial charge in [0.15, 0.2) is 0 Å². The molecule has 0 unspecified atom stereocenters. The summed E-state index contributed by atoms with van der Waals surface area (Å²) in [6.45, 7) is -0.244. The van der Waals surface area contributed by atoms with E-state index in [0.717, 1.165) is 10.5 Å². The molecule has 9 nitrogen and oxygen atoms in total. The third-order valence-corrected chi connectivity index (χ3v) is 5.20. The van der Waals surface area contributed by atoms with E-state index >= 15 is 0 Å². The highest BCUT2D eigenvalue weighted by atomic mass is 79.9. The van der Waals surface area contributed by atoms with Crippen molar-refractivity contribution >= 4 is 31.6 Å². The topological polar surface area (TPSA) is 128 Å². The molecule has 0 spiro atoms. The van der Waals surface area contributed by atoms with E-state index in [1.807, 2.05) is 6.07 Å². The van der Waals surface area contributed by atoms with E-state index in [1.54, 1.807) is 18.2 Å². The van der Waals surface area contributed by atoms with Crippen LogP contribution >= 0.6 is 15.9 Å². The van der Waals surface area contributed by atoms with E-state index in [0.29, 0.717) is 11.4 Å². The number of nitro groups is 1. The third kappa shape index (κ3) is 4.12. The Balaban J connectivity index is 1.74. The van der Waals surface area contributed by atoms with E-state index in [-0.39, 0.29) is 23.0 Å². The summed E-state index contributed by atoms with van der Waals surface area (Å²) >= 11 is 3.34. The van der Waals surface area contributed by atoms with Crippen LogP contribution in [0.1, 0.15) is 5.89 Å². The molecule has 0 amide bonds. The van der Waals surface area contributed by atoms with Crippen LogP contribution in [0.25, 0.3) is 11.4 Å². The summed E-state index contributed by atoms with van der Waals surface area (Å²) in [7, 11) is -3.97. The molecule has 1 N–H and O–H groups in total. The first-order valence-corrected chi connectivity index (χ1v) is 9.45. The number of nitrogens with zero attached hydrogens (tertiary/aromatic N) is 3. The van der Waals surface area contributed by atoms with Crippen molar-refractivity contribution < 1.29 is 17.9 Å². The second-order valence-electron chi connectivity index (χ2n) is 5.10. The standard InChI is InChI=1S/C15H11BrN4O5S/c16-11-4-1-3-10(7-11)15-18-14(25-19-15)9-17-26(23,24)13-6-2-5-12(8-13)20(21)22/h1-8,17H,9H2. The molecule has 2 aromatic carbocycles. The molecule has 0 aliphatic rings. The van der Waals surface area contributed by atoms with Crippen LogP contribution in [0.15, 0.2) is 62.4 Å². The van der Waals surface area contributed by atoms with Crippen LogP contribution in [0.3, 0.4) is 0 Å². The van der Waals surface area contributed by atoms with E-state index in [2.05, 4.69) is 30.8 Å². The number of hydrogen-bond donors (Lipinski definition) is 1. The number of nitrogens with one attached hydrogen (secondary N) is 1. The van der Waals surface area contributed by atoms with Crippen molar-refractivity contribution in [1.29, 1.82) is 0 Å². The van der Waals surface area contributed by atoms with Crippen LogP contribution in [-0.4, -0.2) is 23.5 Å². The molecule has 0 aliphatic heterocycles. The van der Waals surface area contributed by atoms with Crippen molar-refractivity contribution in [2.75, 3.05) is 0 Å². The summed E-state index contributed by atoms with van der Waals surface area (Å²) in [6, 6.07) is 12.0. The van der Waals surface area contributed by atoms with Crippen molar-refractivity contribution in [3.05, 3.63) is 69.0 Å². The Kier molecular flexibility index (Phi) is 5.11. The zero-order valence-corrected chi connectivity index (χ0v) is 15.4.